The van der Waals surface area contributed by atoms with Gasteiger partial charge in [0, 0.05) is 0 Å². The van der Waals surface area contributed by atoms with E-state index in [4.69, 9.17) is 9.47 Å². The summed E-state index contributed by atoms with van der Waals surface area (Å²) < 4.78 is 68.6. The third kappa shape index (κ3) is 5.21. The Morgan fingerprint density at radius 3 is 1.62 bits per heavy atom. The normalized spacial score (nSPS) is 25.2. The lowest BCUT2D eigenvalue weighted by Gasteiger charge is -2.29. The van der Waals surface area contributed by atoms with Crippen LogP contribution in [0.5, 0.6) is 11.5 Å². The van der Waals surface area contributed by atoms with Crippen molar-refractivity contribution in [3.05, 3.63) is 58.7 Å². The van der Waals surface area contributed by atoms with Gasteiger partial charge in [-0.1, -0.05) is 25.5 Å². The lowest BCUT2D eigenvalue weighted by atomic mass is 9.77. The fraction of sp³-hybridized carbons (Fsp3) is 0.571. The van der Waals surface area contributed by atoms with E-state index in [0.29, 0.717) is 29.9 Å². The van der Waals surface area contributed by atoms with Gasteiger partial charge < -0.3 is 9.47 Å². The first-order valence-corrected chi connectivity index (χ1v) is 12.5. The number of methoxy groups -OCH3 is 1. The first-order chi connectivity index (χ1) is 16.4. The molecule has 2 aromatic rings. The van der Waals surface area contributed by atoms with Gasteiger partial charge in [0.2, 0.25) is 11.6 Å². The van der Waals surface area contributed by atoms with E-state index in [0.717, 1.165) is 44.9 Å². The molecule has 0 unspecified atom stereocenters. The summed E-state index contributed by atoms with van der Waals surface area (Å²) in [7, 11) is 1.31. The molecule has 0 spiro atoms. The molecule has 2 saturated carbocycles. The summed E-state index contributed by atoms with van der Waals surface area (Å²) in [5, 5.41) is 0. The molecule has 0 amide bonds. The van der Waals surface area contributed by atoms with Crippen LogP contribution in [0.1, 0.15) is 87.7 Å². The quantitative estimate of drug-likeness (QED) is 0.373. The Labute approximate surface area is 199 Å². The van der Waals surface area contributed by atoms with Gasteiger partial charge in [-0.2, -0.15) is 8.78 Å². The molecule has 186 valence electrons. The first-order valence-electron chi connectivity index (χ1n) is 12.5. The molecular weight excluding hydrogens is 444 g/mol. The molecule has 34 heavy (non-hydrogen) atoms. The van der Waals surface area contributed by atoms with Crippen LogP contribution in [0.2, 0.25) is 0 Å². The monoisotopic (exact) mass is 478 g/mol. The third-order valence-electron chi connectivity index (χ3n) is 8.00. The summed E-state index contributed by atoms with van der Waals surface area (Å²) >= 11 is 0. The minimum absolute atomic E-state index is 0.0473. The van der Waals surface area contributed by atoms with E-state index in [2.05, 4.69) is 6.92 Å². The highest BCUT2D eigenvalue weighted by molar-refractivity contribution is 5.34. The van der Waals surface area contributed by atoms with Crippen LogP contribution in [-0.2, 0) is 0 Å². The van der Waals surface area contributed by atoms with Gasteiger partial charge in [0.25, 0.3) is 0 Å². The fourth-order valence-electron chi connectivity index (χ4n) is 5.72. The van der Waals surface area contributed by atoms with Gasteiger partial charge in [-0.3, -0.25) is 0 Å². The Hall–Kier alpha value is -2.24. The van der Waals surface area contributed by atoms with Crippen molar-refractivity contribution in [1.29, 1.82) is 0 Å². The van der Waals surface area contributed by atoms with Gasteiger partial charge >= 0.3 is 0 Å². The zero-order valence-electron chi connectivity index (χ0n) is 20.0. The summed E-state index contributed by atoms with van der Waals surface area (Å²) in [6.07, 6.45) is 7.95. The van der Waals surface area contributed by atoms with Crippen molar-refractivity contribution in [3.63, 3.8) is 0 Å². The molecule has 2 aliphatic carbocycles. The maximum absolute atomic E-state index is 14.8. The lowest BCUT2D eigenvalue weighted by molar-refractivity contribution is 0.191. The summed E-state index contributed by atoms with van der Waals surface area (Å²) in [5.41, 5.74) is 0.836. The number of benzene rings is 2. The average Bonchev–Trinajstić information content (AvgIpc) is 2.87. The zero-order valence-corrected chi connectivity index (χ0v) is 20.0. The fourth-order valence-corrected chi connectivity index (χ4v) is 5.72. The van der Waals surface area contributed by atoms with E-state index in [1.807, 2.05) is 0 Å². The Kier molecular flexibility index (Phi) is 8.05. The maximum atomic E-state index is 14.8. The molecule has 0 N–H and O–H groups in total. The van der Waals surface area contributed by atoms with Gasteiger partial charge in [0.15, 0.2) is 23.1 Å². The molecule has 2 nitrogen and oxygen atoms in total. The smallest absolute Gasteiger partial charge is 0.200 e. The minimum Gasteiger partial charge on any atom is -0.494 e. The predicted octanol–water partition coefficient (Wildman–Crippen LogP) is 8.29. The van der Waals surface area contributed by atoms with Crippen molar-refractivity contribution in [2.24, 2.45) is 11.8 Å². The molecule has 0 radical (unpaired) electrons. The van der Waals surface area contributed by atoms with Crippen LogP contribution in [0.15, 0.2) is 24.3 Å². The van der Waals surface area contributed by atoms with Crippen LogP contribution < -0.4 is 9.47 Å². The van der Waals surface area contributed by atoms with E-state index in [1.54, 1.807) is 18.2 Å². The van der Waals surface area contributed by atoms with Crippen LogP contribution >= 0.6 is 0 Å². The molecule has 4 rings (SSSR count). The van der Waals surface area contributed by atoms with Crippen molar-refractivity contribution in [2.45, 2.75) is 76.5 Å². The maximum Gasteiger partial charge on any atom is 0.200 e. The van der Waals surface area contributed by atoms with E-state index in [9.17, 15) is 17.6 Å². The van der Waals surface area contributed by atoms with Crippen LogP contribution in [0.25, 0.3) is 0 Å². The minimum atomic E-state index is -0.954. The van der Waals surface area contributed by atoms with E-state index in [-0.39, 0.29) is 35.9 Å². The lowest BCUT2D eigenvalue weighted by Crippen LogP contribution is -2.20. The van der Waals surface area contributed by atoms with Gasteiger partial charge in [-0.25, -0.2) is 8.78 Å². The summed E-state index contributed by atoms with van der Waals surface area (Å²) in [6, 6.07) is 6.29. The molecule has 2 fully saturated rings. The van der Waals surface area contributed by atoms with Crippen molar-refractivity contribution in [3.8, 4) is 11.5 Å². The second-order valence-electron chi connectivity index (χ2n) is 9.92. The largest absolute Gasteiger partial charge is 0.494 e. The highest BCUT2D eigenvalue weighted by atomic mass is 19.2. The van der Waals surface area contributed by atoms with E-state index in [1.165, 1.54) is 13.2 Å². The standard InChI is InChI=1S/C28H34F4O2/c1-3-17-4-8-19(9-5-17)22-13-15-24(28(32)26(22)30)34-16-18-6-10-20(11-7-18)21-12-14-23(33-2)27(31)25(21)29/h12-15,17-20H,3-11,16H2,1-2H3. The third-order valence-corrected chi connectivity index (χ3v) is 8.00. The summed E-state index contributed by atoms with van der Waals surface area (Å²) in [5.74, 6) is -2.78. The average molecular weight is 479 g/mol. The molecule has 0 heterocycles. The number of ether oxygens (including phenoxy) is 2. The molecule has 0 aromatic heterocycles. The van der Waals surface area contributed by atoms with Gasteiger partial charge in [0.05, 0.1) is 13.7 Å². The number of rotatable bonds is 7. The molecule has 0 atom stereocenters. The van der Waals surface area contributed by atoms with Crippen molar-refractivity contribution in [2.75, 3.05) is 13.7 Å². The van der Waals surface area contributed by atoms with Crippen LogP contribution in [0.3, 0.4) is 0 Å². The second kappa shape index (κ2) is 11.0. The van der Waals surface area contributed by atoms with Crippen molar-refractivity contribution < 1.29 is 27.0 Å². The Morgan fingerprint density at radius 1 is 0.647 bits per heavy atom. The molecular formula is C28H34F4O2. The van der Waals surface area contributed by atoms with E-state index < -0.39 is 23.3 Å². The van der Waals surface area contributed by atoms with Crippen LogP contribution in [-0.4, -0.2) is 13.7 Å². The predicted molar refractivity (Wildman–Crippen MR) is 124 cm³/mol. The van der Waals surface area contributed by atoms with Gasteiger partial charge in [-0.15, -0.1) is 0 Å². The van der Waals surface area contributed by atoms with Crippen molar-refractivity contribution in [1.82, 2.24) is 0 Å². The Morgan fingerprint density at radius 2 is 1.12 bits per heavy atom. The summed E-state index contributed by atoms with van der Waals surface area (Å²) in [6.45, 7) is 2.46. The second-order valence-corrected chi connectivity index (χ2v) is 9.92. The Bertz CT molecular complexity index is 977. The zero-order chi connectivity index (χ0) is 24.2. The highest BCUT2D eigenvalue weighted by Crippen LogP contribution is 2.41. The Balaban J connectivity index is 1.32. The molecule has 0 bridgehead atoms. The number of halogens is 4. The van der Waals surface area contributed by atoms with Crippen molar-refractivity contribution >= 4 is 0 Å². The SMILES string of the molecule is CCC1CCC(c2ccc(OCC3CCC(c4ccc(OC)c(F)c4F)CC3)c(F)c2F)CC1. The van der Waals surface area contributed by atoms with Gasteiger partial charge in [-0.05, 0) is 98.3 Å². The topological polar surface area (TPSA) is 18.5 Å². The number of hydrogen-bond donors (Lipinski definition) is 0. The highest BCUT2D eigenvalue weighted by Gasteiger charge is 2.29. The van der Waals surface area contributed by atoms with Crippen LogP contribution in [0.4, 0.5) is 17.6 Å². The molecule has 2 aliphatic rings. The molecule has 6 heteroatoms. The number of hydrogen-bond acceptors (Lipinski definition) is 2. The summed E-state index contributed by atoms with van der Waals surface area (Å²) in [4.78, 5) is 0. The molecule has 0 saturated heterocycles. The first kappa shape index (κ1) is 24.9. The van der Waals surface area contributed by atoms with E-state index >= 15 is 0 Å². The van der Waals surface area contributed by atoms with Gasteiger partial charge in [0.1, 0.15) is 0 Å². The molecule has 0 aliphatic heterocycles. The molecule has 2 aromatic carbocycles. The van der Waals surface area contributed by atoms with Crippen LogP contribution in [0, 0.1) is 35.1 Å².